The van der Waals surface area contributed by atoms with Crippen LogP contribution in [0.5, 0.6) is 0 Å². The highest BCUT2D eigenvalue weighted by Gasteiger charge is 2.44. The van der Waals surface area contributed by atoms with Crippen LogP contribution >= 0.6 is 0 Å². The van der Waals surface area contributed by atoms with Crippen LogP contribution in [0.15, 0.2) is 38.0 Å². The maximum Gasteiger partial charge on any atom is 0.330 e. The highest BCUT2D eigenvalue weighted by Crippen LogP contribution is 2.34. The zero-order valence-corrected chi connectivity index (χ0v) is 17.2. The van der Waals surface area contributed by atoms with Crippen LogP contribution in [0.1, 0.15) is 48.0 Å². The Morgan fingerprint density at radius 1 is 0.778 bits per heavy atom. The zero-order valence-electron chi connectivity index (χ0n) is 17.2. The van der Waals surface area contributed by atoms with E-state index in [0.717, 1.165) is 18.2 Å². The average molecular weight is 380 g/mol. The molecule has 0 spiro atoms. The first-order valence-electron chi connectivity index (χ1n) is 8.74. The lowest BCUT2D eigenvalue weighted by Crippen LogP contribution is -2.51. The number of hydrogen-bond acceptors (Lipinski definition) is 6. The topological polar surface area (TPSA) is 78.9 Å². The fourth-order valence-electron chi connectivity index (χ4n) is 2.45. The predicted molar refractivity (Wildman–Crippen MR) is 104 cm³/mol. The van der Waals surface area contributed by atoms with Crippen molar-refractivity contribution in [1.29, 1.82) is 0 Å². The molecule has 3 unspecified atom stereocenters. The van der Waals surface area contributed by atoms with Gasteiger partial charge in [0.25, 0.3) is 0 Å². The first kappa shape index (κ1) is 24.6. The van der Waals surface area contributed by atoms with E-state index in [9.17, 15) is 14.4 Å². The highest BCUT2D eigenvalue weighted by molar-refractivity contribution is 5.83. The summed E-state index contributed by atoms with van der Waals surface area (Å²) >= 11 is 0. The summed E-state index contributed by atoms with van der Waals surface area (Å²) in [5.41, 5.74) is -0.892. The van der Waals surface area contributed by atoms with Gasteiger partial charge >= 0.3 is 17.9 Å². The smallest absolute Gasteiger partial charge is 0.330 e. The maximum atomic E-state index is 12.0. The molecule has 0 saturated heterocycles. The third-order valence-electron chi connectivity index (χ3n) is 3.59. The molecule has 0 radical (unpaired) electrons. The van der Waals surface area contributed by atoms with Crippen molar-refractivity contribution in [2.45, 2.75) is 66.3 Å². The number of carbonyl (C=O) groups is 3. The van der Waals surface area contributed by atoms with Gasteiger partial charge in [-0.05, 0) is 11.8 Å². The van der Waals surface area contributed by atoms with Crippen LogP contribution in [0.25, 0.3) is 0 Å². The van der Waals surface area contributed by atoms with Gasteiger partial charge in [0, 0.05) is 23.6 Å². The Morgan fingerprint density at radius 3 is 1.56 bits per heavy atom. The molecule has 0 aromatic heterocycles. The molecule has 6 heteroatoms. The Bertz CT molecular complexity index is 576. The minimum Gasteiger partial charge on any atom is -0.455 e. The Kier molecular flexibility index (Phi) is 9.21. The second kappa shape index (κ2) is 10.1. The molecule has 152 valence electrons. The molecule has 0 rings (SSSR count). The molecule has 0 amide bonds. The van der Waals surface area contributed by atoms with Gasteiger partial charge in [-0.1, -0.05) is 61.3 Å². The van der Waals surface area contributed by atoms with Gasteiger partial charge in [0.15, 0.2) is 6.10 Å². The number of carbonyl (C=O) groups excluding carboxylic acids is 3. The van der Waals surface area contributed by atoms with E-state index in [1.807, 2.05) is 41.5 Å². The van der Waals surface area contributed by atoms with E-state index < -0.39 is 41.6 Å². The monoisotopic (exact) mass is 380 g/mol. The lowest BCUT2D eigenvalue weighted by atomic mass is 9.79. The van der Waals surface area contributed by atoms with Crippen molar-refractivity contribution in [2.75, 3.05) is 0 Å². The molecular formula is C21H32O6. The maximum absolute atomic E-state index is 12.0. The van der Waals surface area contributed by atoms with E-state index in [1.54, 1.807) is 0 Å². The molecule has 27 heavy (non-hydrogen) atoms. The Balaban J connectivity index is 6.18. The summed E-state index contributed by atoms with van der Waals surface area (Å²) in [6.45, 7) is 21.5. The van der Waals surface area contributed by atoms with Crippen LogP contribution in [0, 0.1) is 10.8 Å². The van der Waals surface area contributed by atoms with Gasteiger partial charge in [-0.2, -0.15) is 0 Å². The molecule has 0 aliphatic heterocycles. The molecule has 0 aromatic rings. The second-order valence-electron chi connectivity index (χ2n) is 8.48. The minimum absolute atomic E-state index is 0.268. The summed E-state index contributed by atoms with van der Waals surface area (Å²) in [6, 6.07) is 0. The van der Waals surface area contributed by atoms with Crippen LogP contribution in [-0.2, 0) is 28.6 Å². The number of ether oxygens (including phenoxy) is 3. The molecule has 6 nitrogen and oxygen atoms in total. The van der Waals surface area contributed by atoms with Crippen LogP contribution in [0.3, 0.4) is 0 Å². The minimum atomic E-state index is -1.04. The van der Waals surface area contributed by atoms with E-state index in [2.05, 4.69) is 19.7 Å². The largest absolute Gasteiger partial charge is 0.455 e. The lowest BCUT2D eigenvalue weighted by Gasteiger charge is -2.40. The summed E-state index contributed by atoms with van der Waals surface area (Å²) < 4.78 is 16.5. The van der Waals surface area contributed by atoms with Crippen molar-refractivity contribution < 1.29 is 28.6 Å². The summed E-state index contributed by atoms with van der Waals surface area (Å²) in [6.07, 6.45) is 0.634. The predicted octanol–water partition coefficient (Wildman–Crippen LogP) is 3.76. The van der Waals surface area contributed by atoms with Crippen molar-refractivity contribution in [3.05, 3.63) is 38.0 Å². The number of hydrogen-bond donors (Lipinski definition) is 0. The molecule has 0 aromatic carbocycles. The van der Waals surface area contributed by atoms with Gasteiger partial charge in [-0.25, -0.2) is 14.4 Å². The SMILES string of the molecule is C=CC(=O)OC(CC(C)(C)C)C(OC(=O)C=C)C(OC(=O)C=C)C(C)(C)C. The van der Waals surface area contributed by atoms with Crippen molar-refractivity contribution in [3.8, 4) is 0 Å². The van der Waals surface area contributed by atoms with Gasteiger partial charge < -0.3 is 14.2 Å². The van der Waals surface area contributed by atoms with E-state index in [-0.39, 0.29) is 5.41 Å². The van der Waals surface area contributed by atoms with E-state index in [0.29, 0.717) is 6.42 Å². The standard InChI is InChI=1S/C21H32O6/c1-10-15(22)25-14(13-20(4,5)6)18(26-16(23)11-2)19(21(7,8)9)27-17(24)12-3/h10-12,14,18-19H,1-3,13H2,4-9H3. The first-order valence-corrected chi connectivity index (χ1v) is 8.74. The van der Waals surface area contributed by atoms with Gasteiger partial charge in [0.1, 0.15) is 12.2 Å². The average Bonchev–Trinajstić information content (AvgIpc) is 2.54. The highest BCUT2D eigenvalue weighted by atomic mass is 16.6. The molecule has 0 bridgehead atoms. The van der Waals surface area contributed by atoms with Gasteiger partial charge in [0.05, 0.1) is 0 Å². The van der Waals surface area contributed by atoms with Crippen LogP contribution in [0.2, 0.25) is 0 Å². The molecule has 0 saturated carbocycles. The van der Waals surface area contributed by atoms with Crippen LogP contribution in [0.4, 0.5) is 0 Å². The fraction of sp³-hybridized carbons (Fsp3) is 0.571. The Labute approximate surface area is 162 Å². The van der Waals surface area contributed by atoms with Crippen molar-refractivity contribution in [2.24, 2.45) is 10.8 Å². The Hall–Kier alpha value is -2.37. The van der Waals surface area contributed by atoms with Gasteiger partial charge in [-0.3, -0.25) is 0 Å². The molecule has 3 atom stereocenters. The number of rotatable bonds is 9. The molecular weight excluding hydrogens is 348 g/mol. The summed E-state index contributed by atoms with van der Waals surface area (Å²) in [4.78, 5) is 35.8. The molecule has 0 heterocycles. The second-order valence-corrected chi connectivity index (χ2v) is 8.48. The molecule has 0 N–H and O–H groups in total. The quantitative estimate of drug-likeness (QED) is 0.344. The van der Waals surface area contributed by atoms with Crippen LogP contribution in [-0.4, -0.2) is 36.2 Å². The van der Waals surface area contributed by atoms with Crippen LogP contribution < -0.4 is 0 Å². The fourth-order valence-corrected chi connectivity index (χ4v) is 2.45. The number of esters is 3. The third kappa shape index (κ3) is 9.22. The van der Waals surface area contributed by atoms with E-state index >= 15 is 0 Å². The normalized spacial score (nSPS) is 14.9. The van der Waals surface area contributed by atoms with E-state index in [4.69, 9.17) is 14.2 Å². The first-order chi connectivity index (χ1) is 12.2. The van der Waals surface area contributed by atoms with Gasteiger partial charge in [-0.15, -0.1) is 0 Å². The summed E-state index contributed by atoms with van der Waals surface area (Å²) in [5, 5.41) is 0. The zero-order chi connectivity index (χ0) is 21.4. The third-order valence-corrected chi connectivity index (χ3v) is 3.59. The van der Waals surface area contributed by atoms with Crippen molar-refractivity contribution in [1.82, 2.24) is 0 Å². The van der Waals surface area contributed by atoms with E-state index in [1.165, 1.54) is 0 Å². The van der Waals surface area contributed by atoms with Crippen molar-refractivity contribution >= 4 is 17.9 Å². The Morgan fingerprint density at radius 2 is 1.19 bits per heavy atom. The summed E-state index contributed by atoms with van der Waals surface area (Å²) in [7, 11) is 0. The molecule has 0 aliphatic carbocycles. The lowest BCUT2D eigenvalue weighted by molar-refractivity contribution is -0.191. The molecule has 0 fully saturated rings. The van der Waals surface area contributed by atoms with Crippen molar-refractivity contribution in [3.63, 3.8) is 0 Å². The van der Waals surface area contributed by atoms with Gasteiger partial charge in [0.2, 0.25) is 0 Å². The molecule has 0 aliphatic rings. The summed E-state index contributed by atoms with van der Waals surface area (Å²) in [5.74, 6) is -2.04.